The van der Waals surface area contributed by atoms with Crippen LogP contribution in [-0.4, -0.2) is 34.1 Å². The average Bonchev–Trinajstić information content (AvgIpc) is 3.06. The Morgan fingerprint density at radius 3 is 2.92 bits per heavy atom. The van der Waals surface area contributed by atoms with Gasteiger partial charge in [0.2, 0.25) is 11.8 Å². The first kappa shape index (κ1) is 17.4. The fourth-order valence-corrected chi connectivity index (χ4v) is 3.00. The summed E-state index contributed by atoms with van der Waals surface area (Å²) in [4.78, 5) is 22.9. The van der Waals surface area contributed by atoms with Crippen molar-refractivity contribution in [2.24, 2.45) is 0 Å². The van der Waals surface area contributed by atoms with Gasteiger partial charge in [-0.25, -0.2) is 4.98 Å². The van der Waals surface area contributed by atoms with E-state index in [4.69, 9.17) is 4.52 Å². The Kier molecular flexibility index (Phi) is 5.98. The molecule has 1 saturated heterocycles. The quantitative estimate of drug-likeness (QED) is 0.831. The zero-order chi connectivity index (χ0) is 17.5. The summed E-state index contributed by atoms with van der Waals surface area (Å²) in [7, 11) is 0. The fourth-order valence-electron chi connectivity index (χ4n) is 3.00. The van der Waals surface area contributed by atoms with Crippen LogP contribution in [0.2, 0.25) is 0 Å². The van der Waals surface area contributed by atoms with E-state index in [0.717, 1.165) is 24.5 Å². The van der Waals surface area contributed by atoms with Crippen molar-refractivity contribution in [3.63, 3.8) is 0 Å². The highest BCUT2D eigenvalue weighted by molar-refractivity contribution is 5.75. The van der Waals surface area contributed by atoms with Crippen LogP contribution in [0.5, 0.6) is 0 Å². The van der Waals surface area contributed by atoms with Crippen LogP contribution in [0.3, 0.4) is 0 Å². The number of anilines is 1. The largest absolute Gasteiger partial charge is 0.357 e. The lowest BCUT2D eigenvalue weighted by Crippen LogP contribution is -2.30. The molecule has 1 aliphatic heterocycles. The summed E-state index contributed by atoms with van der Waals surface area (Å²) < 4.78 is 5.04. The number of pyridine rings is 1. The predicted octanol–water partition coefficient (Wildman–Crippen LogP) is 2.40. The number of piperidine rings is 1. The first-order chi connectivity index (χ1) is 12.2. The standard InChI is InChI=1S/C18H25N5O2/c1-14-21-18(25-22-14)7-5-6-17(24)20-13-15-8-9-19-16(12-15)23-10-3-2-4-11-23/h8-9,12H,2-7,10-11,13H2,1H3,(H,20,24). The van der Waals surface area contributed by atoms with Gasteiger partial charge in [-0.05, 0) is 50.3 Å². The molecule has 3 rings (SSSR count). The zero-order valence-electron chi connectivity index (χ0n) is 14.7. The second-order valence-corrected chi connectivity index (χ2v) is 6.44. The van der Waals surface area contributed by atoms with Gasteiger partial charge in [-0.1, -0.05) is 5.16 Å². The van der Waals surface area contributed by atoms with Gasteiger partial charge in [-0.3, -0.25) is 4.79 Å². The number of nitrogens with one attached hydrogen (secondary N) is 1. The van der Waals surface area contributed by atoms with Crippen molar-refractivity contribution in [3.8, 4) is 0 Å². The van der Waals surface area contributed by atoms with Gasteiger partial charge in [-0.2, -0.15) is 4.98 Å². The highest BCUT2D eigenvalue weighted by Crippen LogP contribution is 2.18. The molecule has 0 spiro atoms. The van der Waals surface area contributed by atoms with Crippen molar-refractivity contribution in [1.82, 2.24) is 20.4 Å². The second kappa shape index (κ2) is 8.60. The van der Waals surface area contributed by atoms with Crippen LogP contribution < -0.4 is 10.2 Å². The van der Waals surface area contributed by atoms with E-state index in [1.54, 1.807) is 6.92 Å². The Balaban J connectivity index is 1.42. The smallest absolute Gasteiger partial charge is 0.226 e. The van der Waals surface area contributed by atoms with Crippen LogP contribution >= 0.6 is 0 Å². The molecule has 0 unspecified atom stereocenters. The van der Waals surface area contributed by atoms with E-state index >= 15 is 0 Å². The van der Waals surface area contributed by atoms with E-state index in [0.29, 0.717) is 37.5 Å². The molecule has 25 heavy (non-hydrogen) atoms. The Labute approximate surface area is 147 Å². The van der Waals surface area contributed by atoms with E-state index in [2.05, 4.69) is 31.4 Å². The van der Waals surface area contributed by atoms with Crippen molar-refractivity contribution in [3.05, 3.63) is 35.6 Å². The Hall–Kier alpha value is -2.44. The summed E-state index contributed by atoms with van der Waals surface area (Å²) in [6.07, 6.45) is 7.35. The first-order valence-electron chi connectivity index (χ1n) is 8.96. The Morgan fingerprint density at radius 1 is 1.32 bits per heavy atom. The third-order valence-electron chi connectivity index (χ3n) is 4.34. The molecule has 0 atom stereocenters. The van der Waals surface area contributed by atoms with Crippen LogP contribution in [0.4, 0.5) is 5.82 Å². The third kappa shape index (κ3) is 5.27. The molecule has 2 aromatic heterocycles. The molecule has 7 nitrogen and oxygen atoms in total. The molecular formula is C18H25N5O2. The van der Waals surface area contributed by atoms with Gasteiger partial charge in [0.05, 0.1) is 0 Å². The molecular weight excluding hydrogens is 318 g/mol. The molecule has 1 amide bonds. The minimum Gasteiger partial charge on any atom is -0.357 e. The molecule has 0 saturated carbocycles. The normalized spacial score (nSPS) is 14.5. The fraction of sp³-hybridized carbons (Fsp3) is 0.556. The van der Waals surface area contributed by atoms with Crippen LogP contribution in [0.25, 0.3) is 0 Å². The topological polar surface area (TPSA) is 84.2 Å². The number of nitrogens with zero attached hydrogens (tertiary/aromatic N) is 4. The third-order valence-corrected chi connectivity index (χ3v) is 4.34. The predicted molar refractivity (Wildman–Crippen MR) is 94.1 cm³/mol. The Bertz CT molecular complexity index is 694. The number of hydrogen-bond acceptors (Lipinski definition) is 6. The van der Waals surface area contributed by atoms with Gasteiger partial charge >= 0.3 is 0 Å². The molecule has 7 heteroatoms. The minimum absolute atomic E-state index is 0.0348. The van der Waals surface area contributed by atoms with Crippen LogP contribution in [0.1, 0.15) is 49.4 Å². The first-order valence-corrected chi connectivity index (χ1v) is 8.96. The maximum absolute atomic E-state index is 12.0. The van der Waals surface area contributed by atoms with Gasteiger partial charge in [0.15, 0.2) is 5.82 Å². The number of carbonyl (C=O) groups is 1. The summed E-state index contributed by atoms with van der Waals surface area (Å²) >= 11 is 0. The van der Waals surface area contributed by atoms with Crippen molar-refractivity contribution < 1.29 is 9.32 Å². The second-order valence-electron chi connectivity index (χ2n) is 6.44. The zero-order valence-corrected chi connectivity index (χ0v) is 14.7. The van der Waals surface area contributed by atoms with Crippen molar-refractivity contribution in [2.75, 3.05) is 18.0 Å². The average molecular weight is 343 g/mol. The molecule has 1 N–H and O–H groups in total. The van der Waals surface area contributed by atoms with Gasteiger partial charge in [-0.15, -0.1) is 0 Å². The summed E-state index contributed by atoms with van der Waals surface area (Å²) in [6, 6.07) is 4.03. The van der Waals surface area contributed by atoms with Crippen molar-refractivity contribution in [2.45, 2.75) is 52.0 Å². The van der Waals surface area contributed by atoms with Crippen LogP contribution in [0, 0.1) is 6.92 Å². The maximum atomic E-state index is 12.0. The SMILES string of the molecule is Cc1noc(CCCC(=O)NCc2ccnc(N3CCCCC3)c2)n1. The lowest BCUT2D eigenvalue weighted by Gasteiger charge is -2.27. The van der Waals surface area contributed by atoms with Gasteiger partial charge < -0.3 is 14.7 Å². The molecule has 0 radical (unpaired) electrons. The summed E-state index contributed by atoms with van der Waals surface area (Å²) in [5.74, 6) is 2.26. The Morgan fingerprint density at radius 2 is 2.16 bits per heavy atom. The number of hydrogen-bond donors (Lipinski definition) is 1. The van der Waals surface area contributed by atoms with Gasteiger partial charge in [0.25, 0.3) is 0 Å². The molecule has 1 fully saturated rings. The monoisotopic (exact) mass is 343 g/mol. The van der Waals surface area contributed by atoms with Gasteiger partial charge in [0, 0.05) is 38.7 Å². The summed E-state index contributed by atoms with van der Waals surface area (Å²) in [5.41, 5.74) is 1.08. The number of amides is 1. The van der Waals surface area contributed by atoms with Crippen LogP contribution in [-0.2, 0) is 17.8 Å². The molecule has 0 aliphatic carbocycles. The van der Waals surface area contributed by atoms with Gasteiger partial charge in [0.1, 0.15) is 5.82 Å². The highest BCUT2D eigenvalue weighted by Gasteiger charge is 2.12. The highest BCUT2D eigenvalue weighted by atomic mass is 16.5. The number of aromatic nitrogens is 3. The molecule has 0 aromatic carbocycles. The lowest BCUT2D eigenvalue weighted by atomic mass is 10.1. The van der Waals surface area contributed by atoms with E-state index in [1.165, 1.54) is 19.3 Å². The van der Waals surface area contributed by atoms with E-state index < -0.39 is 0 Å². The number of aryl methyl sites for hydroxylation is 2. The summed E-state index contributed by atoms with van der Waals surface area (Å²) in [6.45, 7) is 4.45. The van der Waals surface area contributed by atoms with E-state index in [-0.39, 0.29) is 5.91 Å². The molecule has 134 valence electrons. The van der Waals surface area contributed by atoms with Crippen molar-refractivity contribution in [1.29, 1.82) is 0 Å². The molecule has 3 heterocycles. The molecule has 0 bridgehead atoms. The summed E-state index contributed by atoms with van der Waals surface area (Å²) in [5, 5.41) is 6.71. The molecule has 2 aromatic rings. The van der Waals surface area contributed by atoms with Crippen LogP contribution in [0.15, 0.2) is 22.9 Å². The van der Waals surface area contributed by atoms with E-state index in [9.17, 15) is 4.79 Å². The lowest BCUT2D eigenvalue weighted by molar-refractivity contribution is -0.121. The number of rotatable bonds is 7. The van der Waals surface area contributed by atoms with Crippen molar-refractivity contribution >= 4 is 11.7 Å². The maximum Gasteiger partial charge on any atom is 0.226 e. The van der Waals surface area contributed by atoms with E-state index in [1.807, 2.05) is 12.3 Å². The molecule has 1 aliphatic rings. The number of carbonyl (C=O) groups excluding carboxylic acids is 1. The minimum atomic E-state index is 0.0348.